The molecule has 0 aliphatic carbocycles. The lowest BCUT2D eigenvalue weighted by Gasteiger charge is -2.19. The average molecular weight is 401 g/mol. The van der Waals surface area contributed by atoms with Crippen LogP contribution in [-0.4, -0.2) is 35.9 Å². The lowest BCUT2D eigenvalue weighted by molar-refractivity contribution is -0.122. The van der Waals surface area contributed by atoms with E-state index in [4.69, 9.17) is 4.74 Å². The van der Waals surface area contributed by atoms with E-state index in [0.717, 1.165) is 28.2 Å². The number of hydrogen-bond donors (Lipinski definition) is 1. The number of ether oxygens (including phenoxy) is 1. The quantitative estimate of drug-likeness (QED) is 0.777. The van der Waals surface area contributed by atoms with Gasteiger partial charge in [0.25, 0.3) is 0 Å². The van der Waals surface area contributed by atoms with Crippen LogP contribution in [0.2, 0.25) is 0 Å². The third-order valence-corrected chi connectivity index (χ3v) is 5.68. The first-order chi connectivity index (χ1) is 13.3. The minimum absolute atomic E-state index is 0.0744. The van der Waals surface area contributed by atoms with Gasteiger partial charge in [-0.25, -0.2) is 9.78 Å². The minimum atomic E-state index is -0.469. The van der Waals surface area contributed by atoms with Crippen molar-refractivity contribution in [1.29, 1.82) is 0 Å². The van der Waals surface area contributed by atoms with Gasteiger partial charge in [-0.05, 0) is 39.3 Å². The summed E-state index contributed by atoms with van der Waals surface area (Å²) in [6, 6.07) is 5.89. The van der Waals surface area contributed by atoms with Gasteiger partial charge in [0.15, 0.2) is 5.13 Å². The second-order valence-corrected chi connectivity index (χ2v) is 7.84. The Morgan fingerprint density at radius 1 is 1.32 bits per heavy atom. The van der Waals surface area contributed by atoms with Crippen LogP contribution in [0.1, 0.15) is 39.8 Å². The van der Waals surface area contributed by atoms with E-state index in [1.165, 1.54) is 0 Å². The maximum absolute atomic E-state index is 12.7. The van der Waals surface area contributed by atoms with Crippen LogP contribution in [0.4, 0.5) is 10.8 Å². The summed E-state index contributed by atoms with van der Waals surface area (Å²) in [5.74, 6) is -1.27. The van der Waals surface area contributed by atoms with Crippen LogP contribution in [0.15, 0.2) is 18.2 Å². The van der Waals surface area contributed by atoms with Crippen LogP contribution in [0.25, 0.3) is 0 Å². The molecule has 2 aromatic rings. The first kappa shape index (κ1) is 20.0. The highest BCUT2D eigenvalue weighted by molar-refractivity contribution is 7.17. The van der Waals surface area contributed by atoms with Gasteiger partial charge < -0.3 is 15.0 Å². The molecule has 1 fully saturated rings. The number of amides is 2. The summed E-state index contributed by atoms with van der Waals surface area (Å²) in [7, 11) is 0. The molecule has 2 amide bonds. The van der Waals surface area contributed by atoms with E-state index in [1.54, 1.807) is 18.7 Å². The van der Waals surface area contributed by atoms with Crippen molar-refractivity contribution in [3.63, 3.8) is 0 Å². The Balaban J connectivity index is 1.70. The van der Waals surface area contributed by atoms with Crippen LogP contribution < -0.4 is 10.2 Å². The molecular weight excluding hydrogens is 378 g/mol. The first-order valence-electron chi connectivity index (χ1n) is 9.13. The number of hydrogen-bond acceptors (Lipinski definition) is 6. The van der Waals surface area contributed by atoms with Crippen molar-refractivity contribution in [3.05, 3.63) is 39.9 Å². The number of rotatable bonds is 5. The first-order valence-corrected chi connectivity index (χ1v) is 9.94. The number of nitrogens with zero attached hydrogens (tertiary/aromatic N) is 2. The number of esters is 1. The number of benzene rings is 1. The van der Waals surface area contributed by atoms with E-state index in [-0.39, 0.29) is 24.8 Å². The topological polar surface area (TPSA) is 88.6 Å². The van der Waals surface area contributed by atoms with Crippen molar-refractivity contribution in [2.45, 2.75) is 34.1 Å². The molecule has 7 nitrogen and oxygen atoms in total. The Morgan fingerprint density at radius 2 is 2.07 bits per heavy atom. The third-order valence-electron chi connectivity index (χ3n) is 4.63. The molecular formula is C20H23N3O4S. The van der Waals surface area contributed by atoms with Crippen molar-refractivity contribution in [1.82, 2.24) is 4.98 Å². The van der Waals surface area contributed by atoms with Gasteiger partial charge in [0.2, 0.25) is 11.8 Å². The fourth-order valence-corrected chi connectivity index (χ4v) is 4.13. The third kappa shape index (κ3) is 4.06. The van der Waals surface area contributed by atoms with Crippen LogP contribution in [0, 0.1) is 26.7 Å². The molecule has 1 N–H and O–H groups in total. The monoisotopic (exact) mass is 401 g/mol. The zero-order valence-electron chi connectivity index (χ0n) is 16.4. The summed E-state index contributed by atoms with van der Waals surface area (Å²) in [5, 5.41) is 3.08. The molecule has 1 aromatic heterocycles. The number of anilines is 2. The molecule has 8 heteroatoms. The molecule has 1 unspecified atom stereocenters. The summed E-state index contributed by atoms with van der Waals surface area (Å²) in [4.78, 5) is 43.3. The maximum Gasteiger partial charge on any atom is 0.350 e. The Kier molecular flexibility index (Phi) is 5.79. The molecule has 0 spiro atoms. The molecule has 148 valence electrons. The summed E-state index contributed by atoms with van der Waals surface area (Å²) in [6.45, 7) is 7.98. The van der Waals surface area contributed by atoms with E-state index < -0.39 is 11.9 Å². The van der Waals surface area contributed by atoms with Gasteiger partial charge in [0.05, 0.1) is 18.2 Å². The highest BCUT2D eigenvalue weighted by Gasteiger charge is 2.36. The van der Waals surface area contributed by atoms with Gasteiger partial charge >= 0.3 is 5.97 Å². The number of aromatic nitrogens is 1. The molecule has 1 aliphatic heterocycles. The SMILES string of the molecule is CCOC(=O)c1sc(NC(=O)C2CC(=O)N(c3ccc(C)cc3C)C2)nc1C. The highest BCUT2D eigenvalue weighted by atomic mass is 32.1. The van der Waals surface area contributed by atoms with Gasteiger partial charge in [-0.1, -0.05) is 29.0 Å². The fraction of sp³-hybridized carbons (Fsp3) is 0.400. The zero-order valence-corrected chi connectivity index (χ0v) is 17.2. The average Bonchev–Trinajstić information content (AvgIpc) is 3.18. The number of aryl methyl sites for hydroxylation is 3. The van der Waals surface area contributed by atoms with Crippen LogP contribution in [-0.2, 0) is 14.3 Å². The molecule has 0 saturated carbocycles. The van der Waals surface area contributed by atoms with E-state index in [2.05, 4.69) is 10.3 Å². The van der Waals surface area contributed by atoms with E-state index in [9.17, 15) is 14.4 Å². The summed E-state index contributed by atoms with van der Waals surface area (Å²) < 4.78 is 4.99. The van der Waals surface area contributed by atoms with Crippen LogP contribution in [0.5, 0.6) is 0 Å². The normalized spacial score (nSPS) is 16.4. The Hall–Kier alpha value is -2.74. The lowest BCUT2D eigenvalue weighted by atomic mass is 10.1. The predicted molar refractivity (Wildman–Crippen MR) is 108 cm³/mol. The molecule has 1 saturated heterocycles. The molecule has 2 heterocycles. The van der Waals surface area contributed by atoms with Crippen molar-refractivity contribution >= 4 is 39.9 Å². The van der Waals surface area contributed by atoms with E-state index in [0.29, 0.717) is 22.2 Å². The lowest BCUT2D eigenvalue weighted by Crippen LogP contribution is -2.28. The number of thiazole rings is 1. The van der Waals surface area contributed by atoms with Crippen molar-refractivity contribution < 1.29 is 19.1 Å². The number of nitrogens with one attached hydrogen (secondary N) is 1. The summed E-state index contributed by atoms with van der Waals surface area (Å²) in [6.07, 6.45) is 0.147. The Morgan fingerprint density at radius 3 is 2.75 bits per heavy atom. The van der Waals surface area contributed by atoms with Crippen molar-refractivity contribution in [3.8, 4) is 0 Å². The molecule has 1 aromatic carbocycles. The van der Waals surface area contributed by atoms with Crippen LogP contribution >= 0.6 is 11.3 Å². The second-order valence-electron chi connectivity index (χ2n) is 6.84. The predicted octanol–water partition coefficient (Wildman–Crippen LogP) is 3.24. The van der Waals surface area contributed by atoms with E-state index in [1.807, 2.05) is 32.0 Å². The van der Waals surface area contributed by atoms with Gasteiger partial charge in [-0.3, -0.25) is 9.59 Å². The van der Waals surface area contributed by atoms with Gasteiger partial charge in [-0.15, -0.1) is 0 Å². The Bertz CT molecular complexity index is 938. The van der Waals surface area contributed by atoms with Gasteiger partial charge in [0, 0.05) is 18.7 Å². The van der Waals surface area contributed by atoms with Crippen molar-refractivity contribution in [2.75, 3.05) is 23.4 Å². The molecule has 0 bridgehead atoms. The fourth-order valence-electron chi connectivity index (χ4n) is 3.27. The summed E-state index contributed by atoms with van der Waals surface area (Å²) in [5.41, 5.74) is 3.47. The maximum atomic E-state index is 12.7. The minimum Gasteiger partial charge on any atom is -0.462 e. The number of carbonyl (C=O) groups is 3. The smallest absolute Gasteiger partial charge is 0.350 e. The van der Waals surface area contributed by atoms with Gasteiger partial charge in [-0.2, -0.15) is 0 Å². The second kappa shape index (κ2) is 8.10. The zero-order chi connectivity index (χ0) is 20.4. The van der Waals surface area contributed by atoms with Crippen LogP contribution in [0.3, 0.4) is 0 Å². The molecule has 1 aliphatic rings. The molecule has 1 atom stereocenters. The molecule has 28 heavy (non-hydrogen) atoms. The summed E-state index contributed by atoms with van der Waals surface area (Å²) >= 11 is 1.08. The Labute approximate surface area is 167 Å². The standard InChI is InChI=1S/C20H23N3O4S/c1-5-27-19(26)17-13(4)21-20(28-17)22-18(25)14-9-16(24)23(10-14)15-7-6-11(2)8-12(15)3/h6-8,14H,5,9-10H2,1-4H3,(H,21,22,25). The number of carbonyl (C=O) groups excluding carboxylic acids is 3. The molecule has 3 rings (SSSR count). The largest absolute Gasteiger partial charge is 0.462 e. The van der Waals surface area contributed by atoms with Gasteiger partial charge in [0.1, 0.15) is 4.88 Å². The highest BCUT2D eigenvalue weighted by Crippen LogP contribution is 2.30. The molecule has 0 radical (unpaired) electrons. The van der Waals surface area contributed by atoms with Crippen molar-refractivity contribution in [2.24, 2.45) is 5.92 Å². The van der Waals surface area contributed by atoms with E-state index >= 15 is 0 Å².